The van der Waals surface area contributed by atoms with Gasteiger partial charge in [0.1, 0.15) is 5.82 Å². The van der Waals surface area contributed by atoms with Gasteiger partial charge in [-0.25, -0.2) is 0 Å². The molecule has 1 amide bonds. The van der Waals surface area contributed by atoms with Gasteiger partial charge in [-0.3, -0.25) is 20.0 Å². The van der Waals surface area contributed by atoms with Crippen LogP contribution in [0.2, 0.25) is 0 Å². The zero-order valence-electron chi connectivity index (χ0n) is 10.2. The largest absolute Gasteiger partial charge is 0.310 e. The number of carbonyl (C=O) groups is 1. The molecule has 1 aliphatic heterocycles. The third-order valence-electron chi connectivity index (χ3n) is 2.98. The number of aromatic nitrogens is 2. The van der Waals surface area contributed by atoms with E-state index in [1.165, 1.54) is 23.9 Å². The lowest BCUT2D eigenvalue weighted by atomic mass is 10.1. The summed E-state index contributed by atoms with van der Waals surface area (Å²) in [5.41, 5.74) is 1.64. The molecule has 2 aromatic rings. The van der Waals surface area contributed by atoms with Crippen LogP contribution in [0, 0.1) is 10.1 Å². The van der Waals surface area contributed by atoms with Crippen molar-refractivity contribution in [2.75, 3.05) is 11.1 Å². The summed E-state index contributed by atoms with van der Waals surface area (Å²) < 4.78 is 0. The van der Waals surface area contributed by atoms with Crippen molar-refractivity contribution in [3.63, 3.8) is 0 Å². The van der Waals surface area contributed by atoms with Gasteiger partial charge in [0.2, 0.25) is 5.91 Å². The summed E-state index contributed by atoms with van der Waals surface area (Å²) in [6.45, 7) is 0. The maximum absolute atomic E-state index is 11.6. The first-order chi connectivity index (χ1) is 9.65. The summed E-state index contributed by atoms with van der Waals surface area (Å²) in [4.78, 5) is 22.0. The quantitative estimate of drug-likeness (QED) is 0.651. The summed E-state index contributed by atoms with van der Waals surface area (Å²) in [6, 6.07) is 6.44. The van der Waals surface area contributed by atoms with Gasteiger partial charge in [0.25, 0.3) is 5.69 Å². The molecule has 0 radical (unpaired) electrons. The molecular formula is C12H10N4O3S. The number of thioether (sulfide) groups is 1. The monoisotopic (exact) mass is 290 g/mol. The van der Waals surface area contributed by atoms with Crippen LogP contribution in [0.1, 0.15) is 16.4 Å². The number of anilines is 1. The molecule has 0 aliphatic carbocycles. The number of nitrogens with zero attached hydrogens (tertiary/aromatic N) is 2. The Balaban J connectivity index is 2.04. The Morgan fingerprint density at radius 2 is 2.30 bits per heavy atom. The van der Waals surface area contributed by atoms with Crippen LogP contribution in [0.3, 0.4) is 0 Å². The van der Waals surface area contributed by atoms with E-state index in [9.17, 15) is 14.9 Å². The fourth-order valence-corrected chi connectivity index (χ4v) is 3.18. The third-order valence-corrected chi connectivity index (χ3v) is 4.27. The zero-order chi connectivity index (χ0) is 14.1. The van der Waals surface area contributed by atoms with Gasteiger partial charge in [-0.2, -0.15) is 5.10 Å². The van der Waals surface area contributed by atoms with Crippen molar-refractivity contribution >= 4 is 29.2 Å². The number of nitro groups is 1. The van der Waals surface area contributed by atoms with Crippen molar-refractivity contribution in [3.05, 3.63) is 51.7 Å². The van der Waals surface area contributed by atoms with Gasteiger partial charge in [0.15, 0.2) is 0 Å². The normalized spacial score (nSPS) is 18.0. The summed E-state index contributed by atoms with van der Waals surface area (Å²) >= 11 is 1.42. The minimum absolute atomic E-state index is 0.0386. The molecule has 1 aromatic heterocycles. The molecule has 0 fully saturated rings. The van der Waals surface area contributed by atoms with Gasteiger partial charge in [-0.15, -0.1) is 11.8 Å². The third kappa shape index (κ3) is 2.25. The van der Waals surface area contributed by atoms with Crippen LogP contribution in [0.25, 0.3) is 0 Å². The van der Waals surface area contributed by atoms with Crippen LogP contribution >= 0.6 is 11.8 Å². The second-order valence-electron chi connectivity index (χ2n) is 4.29. The smallest absolute Gasteiger partial charge is 0.269 e. The van der Waals surface area contributed by atoms with Crippen LogP contribution < -0.4 is 5.32 Å². The fraction of sp³-hybridized carbons (Fsp3) is 0.167. The molecule has 0 saturated heterocycles. The van der Waals surface area contributed by atoms with Gasteiger partial charge in [-0.05, 0) is 5.56 Å². The predicted molar refractivity (Wildman–Crippen MR) is 74.6 cm³/mol. The van der Waals surface area contributed by atoms with Gasteiger partial charge >= 0.3 is 0 Å². The fourth-order valence-electron chi connectivity index (χ4n) is 2.10. The van der Waals surface area contributed by atoms with E-state index in [2.05, 4.69) is 15.5 Å². The van der Waals surface area contributed by atoms with Crippen LogP contribution in [-0.4, -0.2) is 26.8 Å². The molecule has 0 unspecified atom stereocenters. The molecule has 3 rings (SSSR count). The number of hydrogen-bond acceptors (Lipinski definition) is 5. The Bertz CT molecular complexity index is 685. The number of benzene rings is 1. The molecule has 20 heavy (non-hydrogen) atoms. The van der Waals surface area contributed by atoms with E-state index in [0.29, 0.717) is 5.82 Å². The van der Waals surface area contributed by atoms with Crippen LogP contribution in [0.5, 0.6) is 0 Å². The number of amides is 1. The van der Waals surface area contributed by atoms with Crippen molar-refractivity contribution in [1.82, 2.24) is 10.2 Å². The zero-order valence-corrected chi connectivity index (χ0v) is 11.0. The molecule has 0 spiro atoms. The van der Waals surface area contributed by atoms with E-state index < -0.39 is 4.92 Å². The number of nitro benzene ring substituents is 1. The molecule has 102 valence electrons. The highest BCUT2D eigenvalue weighted by Crippen LogP contribution is 2.41. The molecular weight excluding hydrogens is 280 g/mol. The van der Waals surface area contributed by atoms with E-state index in [0.717, 1.165) is 11.1 Å². The molecule has 7 nitrogen and oxygen atoms in total. The minimum Gasteiger partial charge on any atom is -0.310 e. The first kappa shape index (κ1) is 12.7. The van der Waals surface area contributed by atoms with Gasteiger partial charge in [-0.1, -0.05) is 12.1 Å². The first-order valence-corrected chi connectivity index (χ1v) is 6.89. The van der Waals surface area contributed by atoms with Crippen LogP contribution in [-0.2, 0) is 4.79 Å². The predicted octanol–water partition coefficient (Wildman–Crippen LogP) is 2.09. The summed E-state index contributed by atoms with van der Waals surface area (Å²) in [6.07, 6.45) is 1.64. The number of aromatic amines is 1. The molecule has 8 heteroatoms. The Labute approximate surface area is 117 Å². The van der Waals surface area contributed by atoms with Crippen molar-refractivity contribution in [2.24, 2.45) is 0 Å². The Morgan fingerprint density at radius 1 is 1.45 bits per heavy atom. The molecule has 2 N–H and O–H groups in total. The number of carbonyl (C=O) groups excluding carboxylic acids is 1. The van der Waals surface area contributed by atoms with E-state index in [-0.39, 0.29) is 22.6 Å². The van der Waals surface area contributed by atoms with E-state index in [1.807, 2.05) is 6.07 Å². The highest BCUT2D eigenvalue weighted by atomic mass is 32.2. The lowest BCUT2D eigenvalue weighted by Gasteiger charge is -2.13. The topological polar surface area (TPSA) is 101 Å². The van der Waals surface area contributed by atoms with Crippen molar-refractivity contribution in [3.8, 4) is 0 Å². The molecule has 1 aliphatic rings. The highest BCUT2D eigenvalue weighted by molar-refractivity contribution is 8.00. The summed E-state index contributed by atoms with van der Waals surface area (Å²) in [7, 11) is 0. The lowest BCUT2D eigenvalue weighted by molar-refractivity contribution is -0.384. The second-order valence-corrected chi connectivity index (χ2v) is 5.39. The first-order valence-electron chi connectivity index (χ1n) is 5.84. The number of hydrogen-bond donors (Lipinski definition) is 2. The SMILES string of the molecule is O=C1CS[C@@H](c2cccc([N+](=O)[O-])c2)c2cn[nH]c2N1. The Hall–Kier alpha value is -2.35. The summed E-state index contributed by atoms with van der Waals surface area (Å²) in [5.74, 6) is 0.723. The maximum atomic E-state index is 11.6. The van der Waals surface area contributed by atoms with Crippen molar-refractivity contribution in [2.45, 2.75) is 5.25 Å². The number of fused-ring (bicyclic) bond motifs is 1. The van der Waals surface area contributed by atoms with Gasteiger partial charge < -0.3 is 5.32 Å². The minimum atomic E-state index is -0.426. The van der Waals surface area contributed by atoms with Crippen molar-refractivity contribution in [1.29, 1.82) is 0 Å². The molecule has 1 atom stereocenters. The maximum Gasteiger partial charge on any atom is 0.269 e. The lowest BCUT2D eigenvalue weighted by Crippen LogP contribution is -2.12. The second kappa shape index (κ2) is 4.97. The number of nitrogens with one attached hydrogen (secondary N) is 2. The van der Waals surface area contributed by atoms with E-state index in [4.69, 9.17) is 0 Å². The van der Waals surface area contributed by atoms with Crippen LogP contribution in [0.15, 0.2) is 30.5 Å². The molecule has 1 aromatic carbocycles. The Morgan fingerprint density at radius 3 is 3.10 bits per heavy atom. The molecule has 2 heterocycles. The average Bonchev–Trinajstić information content (AvgIpc) is 2.81. The standard InChI is InChI=1S/C12H10N4O3S/c17-10-6-20-11(9-5-13-15-12(9)14-10)7-2-1-3-8(4-7)16(18)19/h1-5,11H,6H2,(H2,13,14,15,17)/t11-/m0/s1. The average molecular weight is 290 g/mol. The molecule has 0 saturated carbocycles. The highest BCUT2D eigenvalue weighted by Gasteiger charge is 2.26. The number of H-pyrrole nitrogens is 1. The Kier molecular flexibility index (Phi) is 3.15. The number of rotatable bonds is 2. The molecule has 0 bridgehead atoms. The van der Waals surface area contributed by atoms with Gasteiger partial charge in [0.05, 0.1) is 22.1 Å². The van der Waals surface area contributed by atoms with Crippen molar-refractivity contribution < 1.29 is 9.72 Å². The van der Waals surface area contributed by atoms with Gasteiger partial charge in [0, 0.05) is 17.7 Å². The summed E-state index contributed by atoms with van der Waals surface area (Å²) in [5, 5.41) is 20.1. The number of non-ortho nitro benzene ring substituents is 1. The van der Waals surface area contributed by atoms with Crippen LogP contribution in [0.4, 0.5) is 11.5 Å². The van der Waals surface area contributed by atoms with E-state index >= 15 is 0 Å². The van der Waals surface area contributed by atoms with E-state index in [1.54, 1.807) is 12.3 Å².